The second-order valence-electron chi connectivity index (χ2n) is 9.48. The van der Waals surface area contributed by atoms with E-state index in [1.165, 1.54) is 0 Å². The molecule has 0 spiro atoms. The van der Waals surface area contributed by atoms with Gasteiger partial charge in [-0.25, -0.2) is 18.7 Å². The number of alkyl carbamates (subject to hydrolysis) is 1. The summed E-state index contributed by atoms with van der Waals surface area (Å²) >= 11 is 0. The van der Waals surface area contributed by atoms with Crippen molar-refractivity contribution in [1.29, 1.82) is 0 Å². The molecule has 1 aromatic rings. The van der Waals surface area contributed by atoms with Crippen molar-refractivity contribution < 1.29 is 23.8 Å². The molecule has 0 aromatic carbocycles. The third kappa shape index (κ3) is 3.42. The summed E-state index contributed by atoms with van der Waals surface area (Å²) in [4.78, 5) is 23.2. The summed E-state index contributed by atoms with van der Waals surface area (Å²) < 4.78 is 21.5. The Morgan fingerprint density at radius 1 is 1.32 bits per heavy atom. The summed E-state index contributed by atoms with van der Waals surface area (Å²) in [6.45, 7) is 5.72. The molecule has 3 N–H and O–H groups in total. The number of halogens is 1. The first-order chi connectivity index (χ1) is 13.0. The van der Waals surface area contributed by atoms with E-state index in [0.29, 0.717) is 17.9 Å². The fourth-order valence-electron chi connectivity index (χ4n) is 4.64. The highest BCUT2D eigenvalue weighted by Gasteiger charge is 2.58. The Balaban J connectivity index is 1.42. The molecule has 4 aliphatic carbocycles. The van der Waals surface area contributed by atoms with E-state index in [2.05, 4.69) is 15.7 Å². The number of rotatable bonds is 4. The van der Waals surface area contributed by atoms with E-state index in [-0.39, 0.29) is 17.9 Å². The minimum Gasteiger partial charge on any atom is -0.465 e. The quantitative estimate of drug-likeness (QED) is 0.724. The van der Waals surface area contributed by atoms with E-state index in [1.807, 2.05) is 20.8 Å². The van der Waals surface area contributed by atoms with Crippen molar-refractivity contribution in [3.05, 3.63) is 11.8 Å². The molecular formula is C19H27FN4O4. The number of alkyl halides is 1. The SMILES string of the molecule is CC(C)(C)n1nc([C@@H]2C[C@@H](F)[C@H](OC(=O)NC34CC(C3)C4)C2)cc1NC(=O)O. The average Bonchev–Trinajstić information content (AvgIpc) is 3.05. The second kappa shape index (κ2) is 6.35. The molecule has 4 saturated carbocycles. The normalized spacial score (nSPS) is 33.6. The van der Waals surface area contributed by atoms with Crippen molar-refractivity contribution >= 4 is 18.0 Å². The Morgan fingerprint density at radius 2 is 2.00 bits per heavy atom. The molecule has 0 aliphatic heterocycles. The molecule has 4 aliphatic rings. The molecule has 5 rings (SSSR count). The Kier molecular flexibility index (Phi) is 4.31. The lowest BCUT2D eigenvalue weighted by molar-refractivity contribution is -0.0530. The predicted octanol–water partition coefficient (Wildman–Crippen LogP) is 3.59. The van der Waals surface area contributed by atoms with Crippen LogP contribution in [-0.2, 0) is 10.3 Å². The van der Waals surface area contributed by atoms with Crippen molar-refractivity contribution in [2.24, 2.45) is 5.92 Å². The lowest BCUT2D eigenvalue weighted by atomic mass is 9.50. The van der Waals surface area contributed by atoms with Gasteiger partial charge < -0.3 is 15.2 Å². The molecule has 4 fully saturated rings. The highest BCUT2D eigenvalue weighted by atomic mass is 19.1. The van der Waals surface area contributed by atoms with Gasteiger partial charge in [0.1, 0.15) is 18.1 Å². The Bertz CT molecular complexity index is 785. The van der Waals surface area contributed by atoms with Gasteiger partial charge >= 0.3 is 12.2 Å². The number of carbonyl (C=O) groups is 2. The van der Waals surface area contributed by atoms with E-state index in [0.717, 1.165) is 25.2 Å². The molecule has 0 radical (unpaired) electrons. The fraction of sp³-hybridized carbons (Fsp3) is 0.737. The zero-order valence-corrected chi connectivity index (χ0v) is 16.4. The smallest absolute Gasteiger partial charge is 0.410 e. The van der Waals surface area contributed by atoms with Crippen LogP contribution in [0.25, 0.3) is 0 Å². The number of hydrogen-bond donors (Lipinski definition) is 3. The number of nitrogens with one attached hydrogen (secondary N) is 2. The lowest BCUT2D eigenvalue weighted by Gasteiger charge is -2.61. The maximum Gasteiger partial charge on any atom is 0.410 e. The molecule has 9 heteroatoms. The first kappa shape index (κ1) is 19.0. The minimum atomic E-state index is -1.26. The number of carboxylic acid groups (broad SMARTS) is 1. The molecule has 0 unspecified atom stereocenters. The Labute approximate surface area is 162 Å². The zero-order chi connectivity index (χ0) is 20.3. The number of ether oxygens (including phenoxy) is 1. The van der Waals surface area contributed by atoms with Gasteiger partial charge in [0.05, 0.1) is 11.2 Å². The third-order valence-corrected chi connectivity index (χ3v) is 6.11. The monoisotopic (exact) mass is 394 g/mol. The number of amides is 2. The average molecular weight is 394 g/mol. The summed E-state index contributed by atoms with van der Waals surface area (Å²) in [5.41, 5.74) is 0.0590. The third-order valence-electron chi connectivity index (χ3n) is 6.11. The standard InChI is InChI=1S/C19H27FN4O4/c1-18(2,3)24-15(21-16(25)26)6-13(23-24)11-4-12(20)14(5-11)28-17(27)22-19-7-10(8-19)9-19/h6,10-12,14,21H,4-5,7-9H2,1-3H3,(H,22,27)(H,25,26)/t10?,11-,12-,14-,19?/m1/s1. The summed E-state index contributed by atoms with van der Waals surface area (Å²) in [6.07, 6.45) is -0.282. The first-order valence-electron chi connectivity index (χ1n) is 9.78. The van der Waals surface area contributed by atoms with Crippen LogP contribution in [0.4, 0.5) is 19.8 Å². The molecule has 3 atom stereocenters. The van der Waals surface area contributed by atoms with Gasteiger partial charge in [-0.3, -0.25) is 5.32 Å². The maximum absolute atomic E-state index is 14.5. The number of hydrogen-bond acceptors (Lipinski definition) is 4. The molecular weight excluding hydrogens is 367 g/mol. The maximum atomic E-state index is 14.5. The van der Waals surface area contributed by atoms with Gasteiger partial charge in [0.15, 0.2) is 0 Å². The summed E-state index contributed by atoms with van der Waals surface area (Å²) in [7, 11) is 0. The lowest BCUT2D eigenvalue weighted by Crippen LogP contribution is -2.68. The van der Waals surface area contributed by atoms with Crippen LogP contribution in [0.1, 0.15) is 64.5 Å². The van der Waals surface area contributed by atoms with E-state index < -0.39 is 30.0 Å². The zero-order valence-electron chi connectivity index (χ0n) is 16.4. The van der Waals surface area contributed by atoms with Crippen molar-refractivity contribution in [2.75, 3.05) is 5.32 Å². The van der Waals surface area contributed by atoms with E-state index in [1.54, 1.807) is 10.7 Å². The van der Waals surface area contributed by atoms with Crippen molar-refractivity contribution in [2.45, 2.75) is 82.1 Å². The van der Waals surface area contributed by atoms with Gasteiger partial charge in [-0.1, -0.05) is 0 Å². The molecule has 2 bridgehead atoms. The highest BCUT2D eigenvalue weighted by Crippen LogP contribution is 2.57. The van der Waals surface area contributed by atoms with Crippen LogP contribution in [0.15, 0.2) is 6.07 Å². The predicted molar refractivity (Wildman–Crippen MR) is 99.2 cm³/mol. The summed E-state index contributed by atoms with van der Waals surface area (Å²) in [5, 5.41) is 18.8. The van der Waals surface area contributed by atoms with Gasteiger partial charge in [0.25, 0.3) is 0 Å². The number of nitrogens with zero attached hydrogens (tertiary/aromatic N) is 2. The topological polar surface area (TPSA) is 105 Å². The van der Waals surface area contributed by atoms with Crippen LogP contribution >= 0.6 is 0 Å². The first-order valence-corrected chi connectivity index (χ1v) is 9.78. The summed E-state index contributed by atoms with van der Waals surface area (Å²) in [6, 6.07) is 1.64. The van der Waals surface area contributed by atoms with Crippen molar-refractivity contribution in [3.63, 3.8) is 0 Å². The van der Waals surface area contributed by atoms with Crippen molar-refractivity contribution in [1.82, 2.24) is 15.1 Å². The fourth-order valence-corrected chi connectivity index (χ4v) is 4.64. The van der Waals surface area contributed by atoms with Crippen LogP contribution in [0.3, 0.4) is 0 Å². The molecule has 2 amide bonds. The Morgan fingerprint density at radius 3 is 2.54 bits per heavy atom. The minimum absolute atomic E-state index is 0.103. The van der Waals surface area contributed by atoms with E-state index >= 15 is 0 Å². The van der Waals surface area contributed by atoms with Gasteiger partial charge in [-0.05, 0) is 58.8 Å². The van der Waals surface area contributed by atoms with Crippen LogP contribution in [0, 0.1) is 5.92 Å². The number of anilines is 1. The molecule has 154 valence electrons. The van der Waals surface area contributed by atoms with Gasteiger partial charge in [-0.2, -0.15) is 5.10 Å². The molecule has 1 heterocycles. The van der Waals surface area contributed by atoms with Crippen LogP contribution in [0.2, 0.25) is 0 Å². The van der Waals surface area contributed by atoms with Crippen LogP contribution < -0.4 is 10.6 Å². The van der Waals surface area contributed by atoms with E-state index in [9.17, 15) is 14.0 Å². The molecule has 0 saturated heterocycles. The second-order valence-corrected chi connectivity index (χ2v) is 9.48. The van der Waals surface area contributed by atoms with E-state index in [4.69, 9.17) is 9.84 Å². The highest BCUT2D eigenvalue weighted by molar-refractivity contribution is 5.81. The number of aromatic nitrogens is 2. The van der Waals surface area contributed by atoms with Gasteiger partial charge in [0, 0.05) is 17.5 Å². The number of carbonyl (C=O) groups excluding carboxylic acids is 1. The largest absolute Gasteiger partial charge is 0.465 e. The summed E-state index contributed by atoms with van der Waals surface area (Å²) in [5.74, 6) is 0.841. The van der Waals surface area contributed by atoms with Crippen LogP contribution in [-0.4, -0.2) is 44.9 Å². The molecule has 28 heavy (non-hydrogen) atoms. The van der Waals surface area contributed by atoms with Gasteiger partial charge in [0.2, 0.25) is 0 Å². The Hall–Kier alpha value is -2.32. The molecule has 8 nitrogen and oxygen atoms in total. The van der Waals surface area contributed by atoms with Crippen molar-refractivity contribution in [3.8, 4) is 0 Å². The molecule has 1 aromatic heterocycles. The van der Waals surface area contributed by atoms with Gasteiger partial charge in [-0.15, -0.1) is 0 Å². The van der Waals surface area contributed by atoms with Crippen LogP contribution in [0.5, 0.6) is 0 Å².